The van der Waals surface area contributed by atoms with Gasteiger partial charge in [0.15, 0.2) is 5.75 Å². The average molecular weight is 342 g/mol. The van der Waals surface area contributed by atoms with E-state index in [9.17, 15) is 24.0 Å². The molecule has 3 rings (SSSR count). The Morgan fingerprint density at radius 1 is 0.920 bits per heavy atom. The second-order valence-electron chi connectivity index (χ2n) is 5.49. The van der Waals surface area contributed by atoms with Crippen molar-refractivity contribution < 1.29 is 28.7 Å². The molecule has 4 amide bonds. The van der Waals surface area contributed by atoms with Gasteiger partial charge >= 0.3 is 5.97 Å². The lowest BCUT2D eigenvalue weighted by Crippen LogP contribution is -2.34. The molecule has 0 unspecified atom stereocenters. The molecule has 0 N–H and O–H groups in total. The van der Waals surface area contributed by atoms with Crippen molar-refractivity contribution in [3.63, 3.8) is 0 Å². The highest BCUT2D eigenvalue weighted by atomic mass is 16.5. The van der Waals surface area contributed by atoms with Crippen LogP contribution in [0.5, 0.6) is 5.75 Å². The Balaban J connectivity index is 2.19. The molecule has 0 bridgehead atoms. The van der Waals surface area contributed by atoms with Crippen LogP contribution in [0.3, 0.4) is 0 Å². The van der Waals surface area contributed by atoms with Gasteiger partial charge in [-0.3, -0.25) is 19.2 Å². The summed E-state index contributed by atoms with van der Waals surface area (Å²) in [5.74, 6) is -2.77. The molecule has 2 fully saturated rings. The molecule has 2 heterocycles. The fraction of sp³-hybridized carbons (Fsp3) is 0.235. The Hall–Kier alpha value is -3.29. The summed E-state index contributed by atoms with van der Waals surface area (Å²) in [6.45, 7) is 3.30. The van der Waals surface area contributed by atoms with Crippen LogP contribution in [-0.2, 0) is 24.0 Å². The Labute approximate surface area is 142 Å². The molecule has 2 saturated heterocycles. The normalized spacial score (nSPS) is 17.4. The van der Waals surface area contributed by atoms with Crippen LogP contribution in [0, 0.1) is 0 Å². The number of nitrogens with zero attached hydrogens (tertiary/aromatic N) is 2. The van der Waals surface area contributed by atoms with Crippen LogP contribution in [0.4, 0.5) is 11.4 Å². The van der Waals surface area contributed by atoms with Crippen molar-refractivity contribution in [3.05, 3.63) is 30.9 Å². The maximum absolute atomic E-state index is 12.2. The van der Waals surface area contributed by atoms with Gasteiger partial charge in [0, 0.05) is 31.8 Å². The van der Waals surface area contributed by atoms with Gasteiger partial charge in [0.2, 0.25) is 23.6 Å². The van der Waals surface area contributed by atoms with Gasteiger partial charge in [-0.25, -0.2) is 14.6 Å². The van der Waals surface area contributed by atoms with E-state index in [1.54, 1.807) is 0 Å². The number of hydrogen-bond acceptors (Lipinski definition) is 6. The van der Waals surface area contributed by atoms with Crippen LogP contribution in [0.15, 0.2) is 30.9 Å². The Morgan fingerprint density at radius 2 is 1.44 bits per heavy atom. The maximum Gasteiger partial charge on any atom is 0.335 e. The number of esters is 1. The van der Waals surface area contributed by atoms with E-state index in [0.29, 0.717) is 0 Å². The summed E-state index contributed by atoms with van der Waals surface area (Å²) in [5.41, 5.74) is -0.0285. The van der Waals surface area contributed by atoms with Crippen molar-refractivity contribution in [2.75, 3.05) is 9.80 Å². The van der Waals surface area contributed by atoms with Crippen LogP contribution >= 0.6 is 0 Å². The van der Waals surface area contributed by atoms with Gasteiger partial charge in [0.1, 0.15) is 5.69 Å². The number of ether oxygens (including phenoxy) is 1. The molecule has 8 nitrogen and oxygen atoms in total. The molecular formula is C17H14N2O6. The summed E-state index contributed by atoms with van der Waals surface area (Å²) < 4.78 is 5.12. The van der Waals surface area contributed by atoms with E-state index in [0.717, 1.165) is 15.9 Å². The molecule has 1 aromatic carbocycles. The molecule has 0 atom stereocenters. The Bertz CT molecular complexity index is 796. The van der Waals surface area contributed by atoms with E-state index in [4.69, 9.17) is 4.74 Å². The highest BCUT2D eigenvalue weighted by Gasteiger charge is 2.39. The molecule has 0 saturated carbocycles. The van der Waals surface area contributed by atoms with Crippen LogP contribution in [-0.4, -0.2) is 29.6 Å². The molecule has 8 heteroatoms. The predicted octanol–water partition coefficient (Wildman–Crippen LogP) is 1.08. The molecular weight excluding hydrogens is 328 g/mol. The van der Waals surface area contributed by atoms with E-state index in [2.05, 4.69) is 6.58 Å². The summed E-state index contributed by atoms with van der Waals surface area (Å²) >= 11 is 0. The van der Waals surface area contributed by atoms with Crippen molar-refractivity contribution in [2.24, 2.45) is 0 Å². The van der Waals surface area contributed by atoms with Gasteiger partial charge in [0.05, 0.1) is 5.69 Å². The molecule has 0 aliphatic carbocycles. The Kier molecular flexibility index (Phi) is 4.18. The number of para-hydroxylation sites is 1. The van der Waals surface area contributed by atoms with Crippen molar-refractivity contribution >= 4 is 41.0 Å². The first-order chi connectivity index (χ1) is 11.9. The molecule has 2 aliphatic rings. The molecule has 0 spiro atoms. The molecule has 0 aromatic heterocycles. The maximum atomic E-state index is 12.2. The zero-order valence-corrected chi connectivity index (χ0v) is 13.2. The second-order valence-corrected chi connectivity index (χ2v) is 5.49. The predicted molar refractivity (Wildman–Crippen MR) is 85.7 cm³/mol. The lowest BCUT2D eigenvalue weighted by Gasteiger charge is -2.24. The van der Waals surface area contributed by atoms with Crippen LogP contribution < -0.4 is 14.5 Å². The number of anilines is 2. The minimum absolute atomic E-state index is 0.00387. The lowest BCUT2D eigenvalue weighted by molar-refractivity contribution is -0.129. The van der Waals surface area contributed by atoms with E-state index in [1.807, 2.05) is 0 Å². The third kappa shape index (κ3) is 2.82. The zero-order valence-electron chi connectivity index (χ0n) is 13.2. The van der Waals surface area contributed by atoms with Gasteiger partial charge in [-0.1, -0.05) is 12.6 Å². The van der Waals surface area contributed by atoms with Gasteiger partial charge in [-0.15, -0.1) is 0 Å². The van der Waals surface area contributed by atoms with Crippen molar-refractivity contribution in [2.45, 2.75) is 25.7 Å². The minimum atomic E-state index is -0.795. The third-order valence-electron chi connectivity index (χ3n) is 3.92. The minimum Gasteiger partial charge on any atom is -0.421 e. The third-order valence-corrected chi connectivity index (χ3v) is 3.92. The van der Waals surface area contributed by atoms with Gasteiger partial charge < -0.3 is 4.74 Å². The SMILES string of the molecule is C=CC(=O)Oc1cccc(N2C(=O)CCC2=O)c1N1C(=O)CCC1=O. The van der Waals surface area contributed by atoms with E-state index in [-0.39, 0.29) is 42.8 Å². The van der Waals surface area contributed by atoms with E-state index < -0.39 is 29.6 Å². The van der Waals surface area contributed by atoms with Crippen LogP contribution in [0.2, 0.25) is 0 Å². The molecule has 0 radical (unpaired) electrons. The summed E-state index contributed by atoms with van der Waals surface area (Å²) in [6.07, 6.45) is 1.01. The molecule has 25 heavy (non-hydrogen) atoms. The van der Waals surface area contributed by atoms with Gasteiger partial charge in [-0.2, -0.15) is 0 Å². The first kappa shape index (κ1) is 16.6. The fourth-order valence-corrected chi connectivity index (χ4v) is 2.82. The number of carbonyl (C=O) groups is 5. The number of rotatable bonds is 4. The fourth-order valence-electron chi connectivity index (χ4n) is 2.82. The summed E-state index contributed by atoms with van der Waals surface area (Å²) in [7, 11) is 0. The molecule has 2 aliphatic heterocycles. The second kappa shape index (κ2) is 6.31. The summed E-state index contributed by atoms with van der Waals surface area (Å²) in [5, 5.41) is 0. The van der Waals surface area contributed by atoms with Crippen LogP contribution in [0.25, 0.3) is 0 Å². The number of amides is 4. The number of carbonyl (C=O) groups excluding carboxylic acids is 5. The standard InChI is InChI=1S/C17H14N2O6/c1-2-16(24)25-11-5-3-4-10(18-12(20)6-7-13(18)21)17(11)19-14(22)8-9-15(19)23/h2-5H,1,6-9H2. The summed E-state index contributed by atoms with van der Waals surface area (Å²) in [4.78, 5) is 61.9. The largest absolute Gasteiger partial charge is 0.421 e. The lowest BCUT2D eigenvalue weighted by atomic mass is 10.2. The monoisotopic (exact) mass is 342 g/mol. The zero-order chi connectivity index (χ0) is 18.1. The quantitative estimate of drug-likeness (QED) is 0.351. The molecule has 1 aromatic rings. The molecule has 128 valence electrons. The van der Waals surface area contributed by atoms with Crippen molar-refractivity contribution in [1.29, 1.82) is 0 Å². The van der Waals surface area contributed by atoms with E-state index >= 15 is 0 Å². The van der Waals surface area contributed by atoms with Crippen molar-refractivity contribution in [3.8, 4) is 5.75 Å². The van der Waals surface area contributed by atoms with Crippen molar-refractivity contribution in [1.82, 2.24) is 0 Å². The average Bonchev–Trinajstić information content (AvgIpc) is 3.09. The highest BCUT2D eigenvalue weighted by molar-refractivity contribution is 6.27. The van der Waals surface area contributed by atoms with Gasteiger partial charge in [0.25, 0.3) is 0 Å². The number of imide groups is 2. The topological polar surface area (TPSA) is 101 Å². The summed E-state index contributed by atoms with van der Waals surface area (Å²) in [6, 6.07) is 4.28. The first-order valence-corrected chi connectivity index (χ1v) is 7.63. The highest BCUT2D eigenvalue weighted by Crippen LogP contribution is 2.42. The van der Waals surface area contributed by atoms with E-state index in [1.165, 1.54) is 18.2 Å². The number of benzene rings is 1. The first-order valence-electron chi connectivity index (χ1n) is 7.63. The van der Waals surface area contributed by atoms with Gasteiger partial charge in [-0.05, 0) is 12.1 Å². The smallest absolute Gasteiger partial charge is 0.335 e. The van der Waals surface area contributed by atoms with Crippen LogP contribution in [0.1, 0.15) is 25.7 Å². The Morgan fingerprint density at radius 3 is 1.96 bits per heavy atom. The number of hydrogen-bond donors (Lipinski definition) is 0.